The van der Waals surface area contributed by atoms with E-state index in [9.17, 15) is 9.18 Å². The van der Waals surface area contributed by atoms with Gasteiger partial charge in [0.1, 0.15) is 0 Å². The lowest BCUT2D eigenvalue weighted by Gasteiger charge is -2.30. The summed E-state index contributed by atoms with van der Waals surface area (Å²) in [5, 5.41) is 0. The normalized spacial score (nSPS) is 18.0. The van der Waals surface area contributed by atoms with E-state index >= 15 is 0 Å². The number of carbonyl (C=O) groups is 1. The summed E-state index contributed by atoms with van der Waals surface area (Å²) in [6, 6.07) is 6.38. The van der Waals surface area contributed by atoms with Crippen molar-refractivity contribution in [1.82, 2.24) is 4.90 Å². The van der Waals surface area contributed by atoms with Gasteiger partial charge in [-0.1, -0.05) is 12.1 Å². The van der Waals surface area contributed by atoms with Gasteiger partial charge in [-0.25, -0.2) is 4.39 Å². The summed E-state index contributed by atoms with van der Waals surface area (Å²) >= 11 is 0. The molecule has 1 aromatic rings. The topological polar surface area (TPSA) is 55.6 Å². The van der Waals surface area contributed by atoms with Gasteiger partial charge in [0.2, 0.25) is 5.91 Å². The summed E-state index contributed by atoms with van der Waals surface area (Å²) < 4.78 is 18.6. The second-order valence-electron chi connectivity index (χ2n) is 5.12. The van der Waals surface area contributed by atoms with Crippen LogP contribution in [0.15, 0.2) is 24.3 Å². The van der Waals surface area contributed by atoms with Crippen LogP contribution in [0.1, 0.15) is 25.7 Å². The van der Waals surface area contributed by atoms with E-state index < -0.39 is 0 Å². The smallest absolute Gasteiger partial charge is 0.222 e. The Labute approximate surface area is 130 Å². The Morgan fingerprint density at radius 2 is 2.19 bits per heavy atom. The molecule has 118 valence electrons. The van der Waals surface area contributed by atoms with Gasteiger partial charge in [0.05, 0.1) is 6.61 Å². The number of nitrogens with two attached hydrogens (primary N) is 1. The molecule has 1 aliphatic heterocycles. The van der Waals surface area contributed by atoms with Crippen molar-refractivity contribution in [2.75, 3.05) is 19.7 Å². The van der Waals surface area contributed by atoms with Crippen molar-refractivity contribution >= 4 is 18.3 Å². The molecule has 1 saturated heterocycles. The van der Waals surface area contributed by atoms with Crippen molar-refractivity contribution in [2.24, 2.45) is 5.73 Å². The number of rotatable bonds is 5. The Balaban J connectivity index is 0.00000220. The number of ether oxygens (including phenoxy) is 1. The second-order valence-corrected chi connectivity index (χ2v) is 5.12. The number of nitrogens with zero attached hydrogens (tertiary/aromatic N) is 1. The fourth-order valence-corrected chi connectivity index (χ4v) is 2.36. The van der Waals surface area contributed by atoms with Crippen molar-refractivity contribution in [3.05, 3.63) is 30.1 Å². The molecule has 1 atom stereocenters. The van der Waals surface area contributed by atoms with Crippen LogP contribution in [0.2, 0.25) is 0 Å². The molecule has 1 aromatic carbocycles. The zero-order chi connectivity index (χ0) is 14.4. The van der Waals surface area contributed by atoms with E-state index in [1.54, 1.807) is 18.2 Å². The average molecular weight is 317 g/mol. The molecule has 1 unspecified atom stereocenters. The number of likely N-dealkylation sites (tertiary alicyclic amines) is 1. The average Bonchev–Trinajstić information content (AvgIpc) is 2.45. The molecule has 0 aliphatic carbocycles. The first-order valence-electron chi connectivity index (χ1n) is 7.07. The highest BCUT2D eigenvalue weighted by Crippen LogP contribution is 2.16. The lowest BCUT2D eigenvalue weighted by atomic mass is 10.1. The number of para-hydroxylation sites is 1. The van der Waals surface area contributed by atoms with E-state index in [-0.39, 0.29) is 35.9 Å². The van der Waals surface area contributed by atoms with Crippen molar-refractivity contribution in [1.29, 1.82) is 0 Å². The molecule has 6 heteroatoms. The summed E-state index contributed by atoms with van der Waals surface area (Å²) in [5.74, 6) is -0.0296. The maximum atomic E-state index is 13.3. The van der Waals surface area contributed by atoms with Gasteiger partial charge in [-0.3, -0.25) is 4.79 Å². The molecule has 4 nitrogen and oxygen atoms in total. The minimum atomic E-state index is -0.374. The first kappa shape index (κ1) is 17.7. The molecule has 2 rings (SSSR count). The van der Waals surface area contributed by atoms with Crippen LogP contribution in [0, 0.1) is 5.82 Å². The van der Waals surface area contributed by atoms with Crippen LogP contribution in [0.25, 0.3) is 0 Å². The van der Waals surface area contributed by atoms with E-state index in [0.717, 1.165) is 19.4 Å². The lowest BCUT2D eigenvalue weighted by molar-refractivity contribution is -0.132. The predicted molar refractivity (Wildman–Crippen MR) is 82.2 cm³/mol. The minimum absolute atomic E-state index is 0. The maximum absolute atomic E-state index is 13.3. The van der Waals surface area contributed by atoms with Gasteiger partial charge < -0.3 is 15.4 Å². The van der Waals surface area contributed by atoms with Gasteiger partial charge in [-0.2, -0.15) is 0 Å². The van der Waals surface area contributed by atoms with Crippen molar-refractivity contribution in [3.8, 4) is 5.75 Å². The van der Waals surface area contributed by atoms with Gasteiger partial charge in [0, 0.05) is 25.6 Å². The summed E-state index contributed by atoms with van der Waals surface area (Å²) in [4.78, 5) is 13.8. The lowest BCUT2D eigenvalue weighted by Crippen LogP contribution is -2.45. The second kappa shape index (κ2) is 8.85. The third-order valence-corrected chi connectivity index (χ3v) is 3.44. The first-order valence-corrected chi connectivity index (χ1v) is 7.07. The maximum Gasteiger partial charge on any atom is 0.222 e. The summed E-state index contributed by atoms with van der Waals surface area (Å²) in [5.41, 5.74) is 5.85. The Morgan fingerprint density at radius 3 is 2.90 bits per heavy atom. The minimum Gasteiger partial charge on any atom is -0.491 e. The van der Waals surface area contributed by atoms with Gasteiger partial charge in [-0.05, 0) is 31.4 Å². The van der Waals surface area contributed by atoms with Crippen molar-refractivity contribution in [3.63, 3.8) is 0 Å². The Kier molecular flexibility index (Phi) is 7.47. The quantitative estimate of drug-likeness (QED) is 0.848. The SMILES string of the molecule is Cl.NC1CCCN(C(=O)CCCOc2ccccc2F)C1. The standard InChI is InChI=1S/C15H21FN2O2.ClH/c16-13-6-1-2-7-14(13)20-10-4-8-15(19)18-9-3-5-12(17)11-18;/h1-2,6-7,12H,3-5,8-11,17H2;1H. The van der Waals surface area contributed by atoms with Crippen LogP contribution in [0.3, 0.4) is 0 Å². The molecule has 1 amide bonds. The summed E-state index contributed by atoms with van der Waals surface area (Å²) in [6.07, 6.45) is 2.96. The molecule has 0 saturated carbocycles. The number of hydrogen-bond acceptors (Lipinski definition) is 3. The van der Waals surface area contributed by atoms with Crippen LogP contribution < -0.4 is 10.5 Å². The molecule has 0 bridgehead atoms. The van der Waals surface area contributed by atoms with Gasteiger partial charge in [-0.15, -0.1) is 12.4 Å². The number of amides is 1. The van der Waals surface area contributed by atoms with E-state index in [1.807, 2.05) is 4.90 Å². The molecule has 2 N–H and O–H groups in total. The third kappa shape index (κ3) is 5.52. The predicted octanol–water partition coefficient (Wildman–Crippen LogP) is 2.36. The Hall–Kier alpha value is -1.33. The molecular formula is C15H22ClFN2O2. The van der Waals surface area contributed by atoms with E-state index in [0.29, 0.717) is 26.0 Å². The van der Waals surface area contributed by atoms with Gasteiger partial charge in [0.25, 0.3) is 0 Å². The molecule has 0 radical (unpaired) electrons. The third-order valence-electron chi connectivity index (χ3n) is 3.44. The fourth-order valence-electron chi connectivity index (χ4n) is 2.36. The highest BCUT2D eigenvalue weighted by atomic mass is 35.5. The van der Waals surface area contributed by atoms with Crippen LogP contribution in [0.5, 0.6) is 5.75 Å². The van der Waals surface area contributed by atoms with E-state index in [1.165, 1.54) is 6.07 Å². The first-order chi connectivity index (χ1) is 9.66. The molecule has 0 spiro atoms. The number of hydrogen-bond donors (Lipinski definition) is 1. The number of benzene rings is 1. The summed E-state index contributed by atoms with van der Waals surface area (Å²) in [6.45, 7) is 1.78. The van der Waals surface area contributed by atoms with E-state index in [4.69, 9.17) is 10.5 Å². The molecule has 21 heavy (non-hydrogen) atoms. The summed E-state index contributed by atoms with van der Waals surface area (Å²) in [7, 11) is 0. The fraction of sp³-hybridized carbons (Fsp3) is 0.533. The number of carbonyl (C=O) groups excluding carboxylic acids is 1. The van der Waals surface area contributed by atoms with Crippen LogP contribution in [0.4, 0.5) is 4.39 Å². The van der Waals surface area contributed by atoms with Crippen LogP contribution in [-0.2, 0) is 4.79 Å². The largest absolute Gasteiger partial charge is 0.491 e. The van der Waals surface area contributed by atoms with Crippen molar-refractivity contribution in [2.45, 2.75) is 31.7 Å². The zero-order valence-corrected chi connectivity index (χ0v) is 12.8. The molecule has 1 aliphatic rings. The van der Waals surface area contributed by atoms with Crippen LogP contribution in [-0.4, -0.2) is 36.5 Å². The Morgan fingerprint density at radius 1 is 1.43 bits per heavy atom. The zero-order valence-electron chi connectivity index (χ0n) is 12.0. The van der Waals surface area contributed by atoms with E-state index in [2.05, 4.69) is 0 Å². The highest BCUT2D eigenvalue weighted by Gasteiger charge is 2.20. The number of piperidine rings is 1. The monoisotopic (exact) mass is 316 g/mol. The highest BCUT2D eigenvalue weighted by molar-refractivity contribution is 5.85. The molecular weight excluding hydrogens is 295 g/mol. The van der Waals surface area contributed by atoms with Crippen LogP contribution >= 0.6 is 12.4 Å². The van der Waals surface area contributed by atoms with Crippen molar-refractivity contribution < 1.29 is 13.9 Å². The Bertz CT molecular complexity index is 459. The molecule has 0 aromatic heterocycles. The van der Waals surface area contributed by atoms with Gasteiger partial charge in [0.15, 0.2) is 11.6 Å². The molecule has 1 fully saturated rings. The number of halogens is 2. The van der Waals surface area contributed by atoms with Gasteiger partial charge >= 0.3 is 0 Å². The molecule has 1 heterocycles.